The van der Waals surface area contributed by atoms with Crippen LogP contribution in [0.4, 0.5) is 0 Å². The molecule has 0 aliphatic rings. The maximum absolute atomic E-state index is 10.5. The summed E-state index contributed by atoms with van der Waals surface area (Å²) in [5, 5.41) is 32.9. The van der Waals surface area contributed by atoms with E-state index in [1.54, 1.807) is 0 Å². The van der Waals surface area contributed by atoms with Crippen molar-refractivity contribution in [1.29, 1.82) is 0 Å². The molecule has 0 unspecified atom stereocenters. The van der Waals surface area contributed by atoms with E-state index < -0.39 is 11.9 Å². The SMILES string of the molecule is O=C(O)c1ccccc1C(=O)O.OCC#CCO. The summed E-state index contributed by atoms with van der Waals surface area (Å²) in [7, 11) is 0. The van der Waals surface area contributed by atoms with Gasteiger partial charge in [-0.25, -0.2) is 9.59 Å². The molecule has 96 valence electrons. The molecule has 0 saturated carbocycles. The average molecular weight is 252 g/mol. The van der Waals surface area contributed by atoms with Gasteiger partial charge in [-0.05, 0) is 12.1 Å². The lowest BCUT2D eigenvalue weighted by Gasteiger charge is -1.98. The fourth-order valence-corrected chi connectivity index (χ4v) is 0.968. The van der Waals surface area contributed by atoms with Gasteiger partial charge in [0.25, 0.3) is 0 Å². The molecule has 0 aliphatic heterocycles. The third kappa shape index (κ3) is 5.65. The second-order valence-corrected chi connectivity index (χ2v) is 2.83. The normalized spacial score (nSPS) is 8.33. The minimum Gasteiger partial charge on any atom is -0.478 e. The van der Waals surface area contributed by atoms with Crippen molar-refractivity contribution in [2.24, 2.45) is 0 Å². The Morgan fingerprint density at radius 2 is 1.22 bits per heavy atom. The van der Waals surface area contributed by atoms with Gasteiger partial charge >= 0.3 is 11.9 Å². The molecule has 0 amide bonds. The van der Waals surface area contributed by atoms with E-state index in [0.29, 0.717) is 0 Å². The zero-order valence-electron chi connectivity index (χ0n) is 9.33. The standard InChI is InChI=1S/C8H6O4.C4H6O2/c9-7(10)5-3-1-2-4-6(5)8(11)12;5-3-1-2-4-6/h1-4H,(H,9,10)(H,11,12);5-6H,3-4H2. The summed E-state index contributed by atoms with van der Waals surface area (Å²) in [5.41, 5.74) is -0.380. The number of aliphatic hydroxyl groups is 2. The summed E-state index contributed by atoms with van der Waals surface area (Å²) >= 11 is 0. The third-order valence-corrected chi connectivity index (χ3v) is 1.67. The highest BCUT2D eigenvalue weighted by atomic mass is 16.4. The lowest BCUT2D eigenvalue weighted by molar-refractivity contribution is 0.0651. The van der Waals surface area contributed by atoms with Crippen LogP contribution in [0, 0.1) is 11.8 Å². The highest BCUT2D eigenvalue weighted by Gasteiger charge is 2.13. The van der Waals surface area contributed by atoms with E-state index in [1.807, 2.05) is 0 Å². The number of benzene rings is 1. The van der Waals surface area contributed by atoms with E-state index in [1.165, 1.54) is 24.3 Å². The number of carbonyl (C=O) groups is 2. The molecular formula is C12H12O6. The van der Waals surface area contributed by atoms with Crippen molar-refractivity contribution in [3.05, 3.63) is 35.4 Å². The maximum atomic E-state index is 10.5. The molecule has 6 nitrogen and oxygen atoms in total. The number of hydrogen-bond donors (Lipinski definition) is 4. The smallest absolute Gasteiger partial charge is 0.336 e. The highest BCUT2D eigenvalue weighted by Crippen LogP contribution is 2.07. The largest absolute Gasteiger partial charge is 0.478 e. The van der Waals surface area contributed by atoms with E-state index in [4.69, 9.17) is 20.4 Å². The summed E-state index contributed by atoms with van der Waals surface area (Å²) < 4.78 is 0. The number of carboxylic acid groups (broad SMARTS) is 2. The first-order chi connectivity index (χ1) is 8.54. The van der Waals surface area contributed by atoms with Gasteiger partial charge in [0, 0.05) is 0 Å². The first-order valence-electron chi connectivity index (χ1n) is 4.77. The monoisotopic (exact) mass is 252 g/mol. The van der Waals surface area contributed by atoms with Gasteiger partial charge in [0.15, 0.2) is 0 Å². The molecule has 0 atom stereocenters. The van der Waals surface area contributed by atoms with Gasteiger partial charge in [0.2, 0.25) is 0 Å². The van der Waals surface area contributed by atoms with Crippen LogP contribution >= 0.6 is 0 Å². The summed E-state index contributed by atoms with van der Waals surface area (Å²) in [6, 6.07) is 5.48. The molecule has 4 N–H and O–H groups in total. The Morgan fingerprint density at radius 1 is 0.889 bits per heavy atom. The number of carboxylic acids is 2. The summed E-state index contributed by atoms with van der Waals surface area (Å²) in [6.45, 7) is -0.332. The van der Waals surface area contributed by atoms with Crippen molar-refractivity contribution in [1.82, 2.24) is 0 Å². The Labute approximate surface area is 103 Å². The zero-order valence-corrected chi connectivity index (χ0v) is 9.33. The van der Waals surface area contributed by atoms with Crippen molar-refractivity contribution in [2.45, 2.75) is 0 Å². The quantitative estimate of drug-likeness (QED) is 0.553. The minimum absolute atomic E-state index is 0.166. The topological polar surface area (TPSA) is 115 Å². The van der Waals surface area contributed by atoms with Crippen LogP contribution < -0.4 is 0 Å². The van der Waals surface area contributed by atoms with E-state index in [2.05, 4.69) is 11.8 Å². The Hall–Kier alpha value is -2.36. The minimum atomic E-state index is -1.23. The molecular weight excluding hydrogens is 240 g/mol. The van der Waals surface area contributed by atoms with Gasteiger partial charge in [0.05, 0.1) is 11.1 Å². The van der Waals surface area contributed by atoms with E-state index in [-0.39, 0.29) is 24.3 Å². The Balaban J connectivity index is 0.000000411. The van der Waals surface area contributed by atoms with Crippen molar-refractivity contribution in [2.75, 3.05) is 13.2 Å². The van der Waals surface area contributed by atoms with Crippen LogP contribution in [0.2, 0.25) is 0 Å². The first-order valence-corrected chi connectivity index (χ1v) is 4.77. The third-order valence-electron chi connectivity index (χ3n) is 1.67. The summed E-state index contributed by atoms with van der Waals surface area (Å²) in [4.78, 5) is 20.9. The molecule has 0 heterocycles. The molecule has 0 spiro atoms. The molecule has 6 heteroatoms. The molecule has 0 fully saturated rings. The van der Waals surface area contributed by atoms with Gasteiger partial charge in [-0.3, -0.25) is 0 Å². The molecule has 1 rings (SSSR count). The van der Waals surface area contributed by atoms with Gasteiger partial charge in [-0.15, -0.1) is 0 Å². The van der Waals surface area contributed by atoms with Gasteiger partial charge in [-0.2, -0.15) is 0 Å². The number of aliphatic hydroxyl groups excluding tert-OH is 2. The molecule has 0 aromatic heterocycles. The Bertz CT molecular complexity index is 428. The molecule has 1 aromatic carbocycles. The predicted octanol–water partition coefficient (Wildman–Crippen LogP) is 0.0574. The first kappa shape index (κ1) is 15.6. The molecule has 1 aromatic rings. The number of hydrogen-bond acceptors (Lipinski definition) is 4. The van der Waals surface area contributed by atoms with Crippen LogP contribution in [0.15, 0.2) is 24.3 Å². The van der Waals surface area contributed by atoms with Crippen molar-refractivity contribution in [3.63, 3.8) is 0 Å². The van der Waals surface area contributed by atoms with Crippen molar-refractivity contribution >= 4 is 11.9 Å². The Kier molecular flexibility index (Phi) is 7.61. The Morgan fingerprint density at radius 3 is 1.44 bits per heavy atom. The second-order valence-electron chi connectivity index (χ2n) is 2.83. The summed E-state index contributed by atoms with van der Waals surface area (Å²) in [6.07, 6.45) is 0. The lowest BCUT2D eigenvalue weighted by atomic mass is 10.1. The molecule has 0 radical (unpaired) electrons. The average Bonchev–Trinajstić information content (AvgIpc) is 2.37. The molecule has 0 aliphatic carbocycles. The zero-order chi connectivity index (χ0) is 14.0. The number of aromatic carboxylic acids is 2. The van der Waals surface area contributed by atoms with Gasteiger partial charge in [-0.1, -0.05) is 24.0 Å². The highest BCUT2D eigenvalue weighted by molar-refractivity contribution is 6.01. The van der Waals surface area contributed by atoms with E-state index >= 15 is 0 Å². The van der Waals surface area contributed by atoms with Gasteiger partial charge < -0.3 is 20.4 Å². The second kappa shape index (κ2) is 8.75. The predicted molar refractivity (Wildman–Crippen MR) is 62.3 cm³/mol. The molecule has 0 saturated heterocycles. The van der Waals surface area contributed by atoms with Gasteiger partial charge in [0.1, 0.15) is 13.2 Å². The van der Waals surface area contributed by atoms with Crippen LogP contribution in [0.1, 0.15) is 20.7 Å². The van der Waals surface area contributed by atoms with Crippen LogP contribution in [-0.4, -0.2) is 45.6 Å². The molecule has 0 bridgehead atoms. The van der Waals surface area contributed by atoms with Crippen LogP contribution in [0.5, 0.6) is 0 Å². The summed E-state index contributed by atoms with van der Waals surface area (Å²) in [5.74, 6) is 2.05. The van der Waals surface area contributed by atoms with E-state index in [0.717, 1.165) is 0 Å². The maximum Gasteiger partial charge on any atom is 0.336 e. The number of rotatable bonds is 2. The fraction of sp³-hybridized carbons (Fsp3) is 0.167. The van der Waals surface area contributed by atoms with E-state index in [9.17, 15) is 9.59 Å². The molecule has 18 heavy (non-hydrogen) atoms. The van der Waals surface area contributed by atoms with Crippen LogP contribution in [-0.2, 0) is 0 Å². The fourth-order valence-electron chi connectivity index (χ4n) is 0.968. The van der Waals surface area contributed by atoms with Crippen LogP contribution in [0.25, 0.3) is 0 Å². The van der Waals surface area contributed by atoms with Crippen LogP contribution in [0.3, 0.4) is 0 Å². The van der Waals surface area contributed by atoms with Crippen molar-refractivity contribution < 1.29 is 30.0 Å². The lowest BCUT2D eigenvalue weighted by Crippen LogP contribution is -2.06. The van der Waals surface area contributed by atoms with Crippen molar-refractivity contribution in [3.8, 4) is 11.8 Å².